The number of nitrogens with zero attached hydrogens (tertiary/aromatic N) is 2. The first-order valence-corrected chi connectivity index (χ1v) is 11.9. The minimum atomic E-state index is 0.248. The molecule has 0 bridgehead atoms. The van der Waals surface area contributed by atoms with Crippen LogP contribution >= 0.6 is 11.3 Å². The highest BCUT2D eigenvalue weighted by Crippen LogP contribution is 2.41. The predicted molar refractivity (Wildman–Crippen MR) is 120 cm³/mol. The maximum absolute atomic E-state index is 5.21. The van der Waals surface area contributed by atoms with Crippen LogP contribution in [-0.4, -0.2) is 63.3 Å². The maximum atomic E-state index is 5.21. The summed E-state index contributed by atoms with van der Waals surface area (Å²) in [6, 6.07) is 5.03. The van der Waals surface area contributed by atoms with Crippen molar-refractivity contribution in [3.05, 3.63) is 22.4 Å². The topological polar surface area (TPSA) is 48.9 Å². The molecular weight excluding hydrogens is 368 g/mol. The Morgan fingerprint density at radius 3 is 2.71 bits per heavy atom. The van der Waals surface area contributed by atoms with Crippen molar-refractivity contribution in [3.8, 4) is 0 Å². The molecule has 2 N–H and O–H groups in total. The molecule has 28 heavy (non-hydrogen) atoms. The van der Waals surface area contributed by atoms with Crippen LogP contribution in [0.2, 0.25) is 0 Å². The Kier molecular flexibility index (Phi) is 8.62. The smallest absolute Gasteiger partial charge is 0.191 e. The number of hydrogen-bond acceptors (Lipinski definition) is 4. The van der Waals surface area contributed by atoms with Gasteiger partial charge in [-0.2, -0.15) is 0 Å². The van der Waals surface area contributed by atoms with Crippen molar-refractivity contribution in [1.82, 2.24) is 15.5 Å². The lowest BCUT2D eigenvalue weighted by atomic mass is 9.73. The summed E-state index contributed by atoms with van der Waals surface area (Å²) in [4.78, 5) is 9.12. The van der Waals surface area contributed by atoms with Crippen molar-refractivity contribution >= 4 is 17.3 Å². The molecule has 3 rings (SSSR count). The summed E-state index contributed by atoms with van der Waals surface area (Å²) in [7, 11) is 1.78. The summed E-state index contributed by atoms with van der Waals surface area (Å²) in [6.45, 7) is 8.10. The standard InChI is InChI=1S/C22H38N4OS/c1-3-23-21(25-19-9-13-26(14-10-19)15-16-27-2)24-18-22(11-5-4-6-12-22)20-8-7-17-28-20/h7-8,17,19H,3-6,9-16,18H2,1-2H3,(H2,23,24,25). The lowest BCUT2D eigenvalue weighted by Crippen LogP contribution is -2.49. The average molecular weight is 407 g/mol. The zero-order chi connectivity index (χ0) is 19.7. The van der Waals surface area contributed by atoms with Gasteiger partial charge in [0.05, 0.1) is 13.2 Å². The van der Waals surface area contributed by atoms with Crippen LogP contribution in [0.15, 0.2) is 22.5 Å². The van der Waals surface area contributed by atoms with Gasteiger partial charge in [0, 0.05) is 49.6 Å². The molecule has 2 fully saturated rings. The lowest BCUT2D eigenvalue weighted by Gasteiger charge is -2.36. The molecule has 2 heterocycles. The van der Waals surface area contributed by atoms with E-state index in [4.69, 9.17) is 9.73 Å². The zero-order valence-corrected chi connectivity index (χ0v) is 18.5. The maximum Gasteiger partial charge on any atom is 0.191 e. The van der Waals surface area contributed by atoms with Crippen LogP contribution in [-0.2, 0) is 10.2 Å². The average Bonchev–Trinajstić information content (AvgIpc) is 3.28. The predicted octanol–water partition coefficient (Wildman–Crippen LogP) is 3.62. The van der Waals surface area contributed by atoms with Crippen molar-refractivity contribution in [3.63, 3.8) is 0 Å². The first-order chi connectivity index (χ1) is 13.8. The van der Waals surface area contributed by atoms with Crippen LogP contribution in [0.1, 0.15) is 56.7 Å². The van der Waals surface area contributed by atoms with E-state index in [1.54, 1.807) is 7.11 Å². The highest BCUT2D eigenvalue weighted by Gasteiger charge is 2.34. The van der Waals surface area contributed by atoms with Crippen LogP contribution in [0.4, 0.5) is 0 Å². The Labute approximate surface area is 174 Å². The number of aliphatic imine (C=N–C) groups is 1. The Morgan fingerprint density at radius 1 is 1.29 bits per heavy atom. The van der Waals surface area contributed by atoms with E-state index in [-0.39, 0.29) is 5.41 Å². The fraction of sp³-hybridized carbons (Fsp3) is 0.773. The highest BCUT2D eigenvalue weighted by molar-refractivity contribution is 7.10. The molecule has 6 heteroatoms. The minimum absolute atomic E-state index is 0.248. The van der Waals surface area contributed by atoms with Gasteiger partial charge in [-0.1, -0.05) is 25.3 Å². The molecule has 0 spiro atoms. The van der Waals surface area contributed by atoms with Crippen LogP contribution in [0.3, 0.4) is 0 Å². The summed E-state index contributed by atoms with van der Waals surface area (Å²) in [6.07, 6.45) is 8.92. The second-order valence-electron chi connectivity index (χ2n) is 8.27. The van der Waals surface area contributed by atoms with Crippen molar-refractivity contribution < 1.29 is 4.74 Å². The van der Waals surface area contributed by atoms with Crippen molar-refractivity contribution in [2.24, 2.45) is 4.99 Å². The molecule has 1 aromatic rings. The molecule has 0 amide bonds. The first-order valence-electron chi connectivity index (χ1n) is 11.1. The molecule has 158 valence electrons. The number of piperidine rings is 1. The zero-order valence-electron chi connectivity index (χ0n) is 17.7. The van der Waals surface area contributed by atoms with Gasteiger partial charge >= 0.3 is 0 Å². The minimum Gasteiger partial charge on any atom is -0.383 e. The van der Waals surface area contributed by atoms with Gasteiger partial charge in [0.15, 0.2) is 5.96 Å². The molecule has 2 aliphatic rings. The monoisotopic (exact) mass is 406 g/mol. The van der Waals surface area contributed by atoms with E-state index in [1.165, 1.54) is 49.8 Å². The van der Waals surface area contributed by atoms with E-state index < -0.39 is 0 Å². The van der Waals surface area contributed by atoms with Gasteiger partial charge in [-0.25, -0.2) is 0 Å². The van der Waals surface area contributed by atoms with Crippen LogP contribution in [0.5, 0.6) is 0 Å². The molecule has 0 unspecified atom stereocenters. The SMILES string of the molecule is CCNC(=NCC1(c2cccs2)CCCCC1)NC1CCN(CCOC)CC1. The van der Waals surface area contributed by atoms with Gasteiger partial charge in [-0.3, -0.25) is 4.99 Å². The summed E-state index contributed by atoms with van der Waals surface area (Å²) < 4.78 is 5.21. The fourth-order valence-electron chi connectivity index (χ4n) is 4.56. The second-order valence-corrected chi connectivity index (χ2v) is 9.21. The third-order valence-corrected chi connectivity index (χ3v) is 7.39. The molecule has 1 aromatic heterocycles. The van der Waals surface area contributed by atoms with Gasteiger partial charge < -0.3 is 20.3 Å². The van der Waals surface area contributed by atoms with E-state index in [9.17, 15) is 0 Å². The molecular formula is C22H38N4OS. The number of hydrogen-bond donors (Lipinski definition) is 2. The fourth-order valence-corrected chi connectivity index (χ4v) is 5.54. The van der Waals surface area contributed by atoms with Crippen molar-refractivity contribution in [2.45, 2.75) is 63.3 Å². The van der Waals surface area contributed by atoms with Crippen LogP contribution in [0.25, 0.3) is 0 Å². The summed E-state index contributed by atoms with van der Waals surface area (Å²) >= 11 is 1.91. The van der Waals surface area contributed by atoms with E-state index in [0.29, 0.717) is 6.04 Å². The van der Waals surface area contributed by atoms with Crippen LogP contribution in [0, 0.1) is 0 Å². The highest BCUT2D eigenvalue weighted by atomic mass is 32.1. The Hall–Kier alpha value is -1.11. The molecule has 0 radical (unpaired) electrons. The Balaban J connectivity index is 1.59. The van der Waals surface area contributed by atoms with Crippen molar-refractivity contribution in [2.75, 3.05) is 46.4 Å². The van der Waals surface area contributed by atoms with E-state index >= 15 is 0 Å². The molecule has 1 saturated carbocycles. The lowest BCUT2D eigenvalue weighted by molar-refractivity contribution is 0.128. The quantitative estimate of drug-likeness (QED) is 0.511. The molecule has 5 nitrogen and oxygen atoms in total. The largest absolute Gasteiger partial charge is 0.383 e. The van der Waals surface area contributed by atoms with Crippen LogP contribution < -0.4 is 10.6 Å². The van der Waals surface area contributed by atoms with E-state index in [0.717, 1.165) is 45.3 Å². The Morgan fingerprint density at radius 2 is 2.07 bits per heavy atom. The molecule has 0 aromatic carbocycles. The number of nitrogens with one attached hydrogen (secondary N) is 2. The number of ether oxygens (including phenoxy) is 1. The van der Waals surface area contributed by atoms with E-state index in [2.05, 4.69) is 40.0 Å². The van der Waals surface area contributed by atoms with Gasteiger partial charge in [0.1, 0.15) is 0 Å². The summed E-state index contributed by atoms with van der Waals surface area (Å²) in [5.74, 6) is 0.999. The molecule has 1 saturated heterocycles. The molecule has 1 aliphatic carbocycles. The molecule has 1 aliphatic heterocycles. The second kappa shape index (κ2) is 11.2. The van der Waals surface area contributed by atoms with Gasteiger partial charge in [-0.05, 0) is 44.1 Å². The number of thiophene rings is 1. The third-order valence-electron chi connectivity index (χ3n) is 6.28. The summed E-state index contributed by atoms with van der Waals surface area (Å²) in [5.41, 5.74) is 0.248. The van der Waals surface area contributed by atoms with Crippen molar-refractivity contribution in [1.29, 1.82) is 0 Å². The Bertz CT molecular complexity index is 575. The van der Waals surface area contributed by atoms with Gasteiger partial charge in [0.2, 0.25) is 0 Å². The normalized spacial score (nSPS) is 21.6. The molecule has 0 atom stereocenters. The number of rotatable bonds is 8. The first kappa shape index (κ1) is 21.6. The number of guanidine groups is 1. The third kappa shape index (κ3) is 5.94. The van der Waals surface area contributed by atoms with Gasteiger partial charge in [0.25, 0.3) is 0 Å². The van der Waals surface area contributed by atoms with E-state index in [1.807, 2.05) is 11.3 Å². The van der Waals surface area contributed by atoms with Gasteiger partial charge in [-0.15, -0.1) is 11.3 Å². The summed E-state index contributed by atoms with van der Waals surface area (Å²) in [5, 5.41) is 9.42. The number of likely N-dealkylation sites (tertiary alicyclic amines) is 1. The number of methoxy groups -OCH3 is 1.